The number of sulfonamides is 1. The largest absolute Gasteiger partial charge is 0.393 e. The van der Waals surface area contributed by atoms with Crippen molar-refractivity contribution in [3.05, 3.63) is 58.4 Å². The summed E-state index contributed by atoms with van der Waals surface area (Å²) >= 11 is 0. The van der Waals surface area contributed by atoms with Crippen molar-refractivity contribution < 1.29 is 17.7 Å². The van der Waals surface area contributed by atoms with Crippen LogP contribution in [0.2, 0.25) is 0 Å². The molecule has 0 spiro atoms. The Kier molecular flexibility index (Phi) is 3.76. The van der Waals surface area contributed by atoms with E-state index in [0.717, 1.165) is 30.3 Å². The van der Waals surface area contributed by atoms with Gasteiger partial charge in [-0.05, 0) is 36.4 Å². The third-order valence-corrected chi connectivity index (χ3v) is 4.00. The smallest absolute Gasteiger partial charge is 0.294 e. The van der Waals surface area contributed by atoms with Crippen molar-refractivity contribution in [2.45, 2.75) is 4.90 Å². The topological polar surface area (TPSA) is 115 Å². The van der Waals surface area contributed by atoms with Crippen LogP contribution in [0, 0.1) is 15.9 Å². The van der Waals surface area contributed by atoms with E-state index in [1.54, 1.807) is 0 Å². The molecular formula is C12H10FN3O4S. The molecule has 0 atom stereocenters. The zero-order valence-corrected chi connectivity index (χ0v) is 11.3. The maximum atomic E-state index is 12.8. The molecule has 2 rings (SSSR count). The fourth-order valence-corrected chi connectivity index (χ4v) is 2.64. The summed E-state index contributed by atoms with van der Waals surface area (Å²) in [6.45, 7) is 0. The Morgan fingerprint density at radius 3 is 2.33 bits per heavy atom. The van der Waals surface area contributed by atoms with E-state index in [0.29, 0.717) is 0 Å². The van der Waals surface area contributed by atoms with Crippen LogP contribution in [0.3, 0.4) is 0 Å². The predicted octanol–water partition coefficient (Wildman–Crippen LogP) is 2.12. The van der Waals surface area contributed by atoms with Gasteiger partial charge in [-0.2, -0.15) is 0 Å². The number of benzene rings is 2. The molecule has 3 N–H and O–H groups in total. The Hall–Kier alpha value is -2.68. The van der Waals surface area contributed by atoms with Crippen molar-refractivity contribution in [2.24, 2.45) is 0 Å². The SMILES string of the molecule is Nc1ccc(NS(=O)(=O)c2ccc(F)cc2)cc1[N+](=O)[O-]. The average Bonchev–Trinajstić information content (AvgIpc) is 2.41. The molecule has 9 heteroatoms. The third kappa shape index (κ3) is 3.26. The van der Waals surface area contributed by atoms with Crippen molar-refractivity contribution in [1.29, 1.82) is 0 Å². The van der Waals surface area contributed by atoms with E-state index >= 15 is 0 Å². The molecule has 110 valence electrons. The summed E-state index contributed by atoms with van der Waals surface area (Å²) in [7, 11) is -3.97. The van der Waals surface area contributed by atoms with Gasteiger partial charge >= 0.3 is 0 Å². The summed E-state index contributed by atoms with van der Waals surface area (Å²) in [5.41, 5.74) is 4.92. The van der Waals surface area contributed by atoms with Crippen LogP contribution in [0.4, 0.5) is 21.5 Å². The molecular weight excluding hydrogens is 301 g/mol. The van der Waals surface area contributed by atoms with E-state index in [9.17, 15) is 22.9 Å². The fraction of sp³-hybridized carbons (Fsp3) is 0. The van der Waals surface area contributed by atoms with Crippen LogP contribution in [0.25, 0.3) is 0 Å². The summed E-state index contributed by atoms with van der Waals surface area (Å²) in [5, 5.41) is 10.8. The van der Waals surface area contributed by atoms with Gasteiger partial charge in [0.2, 0.25) is 0 Å². The summed E-state index contributed by atoms with van der Waals surface area (Å²) in [5.74, 6) is -0.572. The van der Waals surface area contributed by atoms with Crippen molar-refractivity contribution in [2.75, 3.05) is 10.5 Å². The van der Waals surface area contributed by atoms with Gasteiger partial charge in [0.15, 0.2) is 0 Å². The third-order valence-electron chi connectivity index (χ3n) is 2.60. The normalized spacial score (nSPS) is 11.1. The van der Waals surface area contributed by atoms with E-state index in [-0.39, 0.29) is 16.3 Å². The second-order valence-corrected chi connectivity index (χ2v) is 5.77. The number of nitrogens with zero attached hydrogens (tertiary/aromatic N) is 1. The Bertz CT molecular complexity index is 791. The summed E-state index contributed by atoms with van der Waals surface area (Å²) in [6, 6.07) is 7.70. The molecule has 0 unspecified atom stereocenters. The Balaban J connectivity index is 2.35. The van der Waals surface area contributed by atoms with Crippen molar-refractivity contribution in [1.82, 2.24) is 0 Å². The van der Waals surface area contributed by atoms with Crippen LogP contribution < -0.4 is 10.5 Å². The molecule has 0 aliphatic heterocycles. The lowest BCUT2D eigenvalue weighted by molar-refractivity contribution is -0.383. The molecule has 0 heterocycles. The molecule has 0 fully saturated rings. The first-order valence-corrected chi connectivity index (χ1v) is 7.10. The zero-order chi connectivity index (χ0) is 15.6. The van der Waals surface area contributed by atoms with Gasteiger partial charge in [0.25, 0.3) is 15.7 Å². The number of nitrogens with one attached hydrogen (secondary N) is 1. The number of nitro benzene ring substituents is 1. The lowest BCUT2D eigenvalue weighted by Gasteiger charge is -2.08. The van der Waals surface area contributed by atoms with E-state index in [2.05, 4.69) is 4.72 Å². The number of nitrogen functional groups attached to an aromatic ring is 1. The monoisotopic (exact) mass is 311 g/mol. The van der Waals surface area contributed by atoms with Crippen molar-refractivity contribution in [3.8, 4) is 0 Å². The molecule has 2 aromatic carbocycles. The van der Waals surface area contributed by atoms with Crippen molar-refractivity contribution >= 4 is 27.1 Å². The molecule has 0 bridgehead atoms. The minimum Gasteiger partial charge on any atom is -0.393 e. The molecule has 2 aromatic rings. The highest BCUT2D eigenvalue weighted by Crippen LogP contribution is 2.26. The first kappa shape index (κ1) is 14.7. The highest BCUT2D eigenvalue weighted by atomic mass is 32.2. The van der Waals surface area contributed by atoms with E-state index < -0.39 is 26.5 Å². The molecule has 7 nitrogen and oxygen atoms in total. The molecule has 0 aliphatic rings. The van der Waals surface area contributed by atoms with Gasteiger partial charge in [0.1, 0.15) is 11.5 Å². The van der Waals surface area contributed by atoms with Gasteiger partial charge in [-0.25, -0.2) is 12.8 Å². The van der Waals surface area contributed by atoms with Crippen LogP contribution in [-0.2, 0) is 10.0 Å². The maximum Gasteiger partial charge on any atom is 0.294 e. The number of hydrogen-bond donors (Lipinski definition) is 2. The number of anilines is 2. The number of rotatable bonds is 4. The van der Waals surface area contributed by atoms with Gasteiger partial charge < -0.3 is 5.73 Å². The van der Waals surface area contributed by atoms with Gasteiger partial charge in [-0.1, -0.05) is 0 Å². The van der Waals surface area contributed by atoms with Crippen LogP contribution in [0.15, 0.2) is 47.4 Å². The number of nitro groups is 1. The first-order valence-electron chi connectivity index (χ1n) is 5.62. The predicted molar refractivity (Wildman–Crippen MR) is 74.7 cm³/mol. The number of nitrogens with two attached hydrogens (primary N) is 1. The van der Waals surface area contributed by atoms with E-state index in [4.69, 9.17) is 5.73 Å². The van der Waals surface area contributed by atoms with E-state index in [1.807, 2.05) is 0 Å². The quantitative estimate of drug-likeness (QED) is 0.510. The van der Waals surface area contributed by atoms with E-state index in [1.165, 1.54) is 12.1 Å². The van der Waals surface area contributed by atoms with Gasteiger partial charge in [0.05, 0.1) is 15.5 Å². The molecule has 0 aromatic heterocycles. The zero-order valence-electron chi connectivity index (χ0n) is 10.5. The molecule has 0 saturated carbocycles. The Morgan fingerprint density at radius 2 is 1.76 bits per heavy atom. The lowest BCUT2D eigenvalue weighted by Crippen LogP contribution is -2.13. The minimum atomic E-state index is -3.97. The minimum absolute atomic E-state index is 0.0137. The van der Waals surface area contributed by atoms with Crippen LogP contribution in [-0.4, -0.2) is 13.3 Å². The van der Waals surface area contributed by atoms with Gasteiger partial charge in [-0.3, -0.25) is 14.8 Å². The Morgan fingerprint density at radius 1 is 1.14 bits per heavy atom. The molecule has 0 radical (unpaired) electrons. The summed E-state index contributed by atoms with van der Waals surface area (Å²) < 4.78 is 39.0. The molecule has 0 saturated heterocycles. The summed E-state index contributed by atoms with van der Waals surface area (Å²) in [6.07, 6.45) is 0. The van der Waals surface area contributed by atoms with Crippen LogP contribution >= 0.6 is 0 Å². The second-order valence-electron chi connectivity index (χ2n) is 4.09. The summed E-state index contributed by atoms with van der Waals surface area (Å²) in [4.78, 5) is 9.87. The highest BCUT2D eigenvalue weighted by molar-refractivity contribution is 7.92. The molecule has 0 amide bonds. The Labute approximate surface area is 119 Å². The van der Waals surface area contributed by atoms with Crippen molar-refractivity contribution in [3.63, 3.8) is 0 Å². The first-order chi connectivity index (χ1) is 9.79. The van der Waals surface area contributed by atoms with Gasteiger partial charge in [0, 0.05) is 6.07 Å². The van der Waals surface area contributed by atoms with Crippen LogP contribution in [0.1, 0.15) is 0 Å². The molecule has 0 aliphatic carbocycles. The van der Waals surface area contributed by atoms with Gasteiger partial charge in [-0.15, -0.1) is 0 Å². The highest BCUT2D eigenvalue weighted by Gasteiger charge is 2.17. The number of hydrogen-bond acceptors (Lipinski definition) is 5. The average molecular weight is 311 g/mol. The second kappa shape index (κ2) is 5.37. The molecule has 21 heavy (non-hydrogen) atoms. The standard InChI is InChI=1S/C12H10FN3O4S/c13-8-1-4-10(5-2-8)21(19,20)15-9-3-6-11(14)12(7-9)16(17)18/h1-7,15H,14H2. The lowest BCUT2D eigenvalue weighted by atomic mass is 10.2. The number of halogens is 1. The maximum absolute atomic E-state index is 12.8. The fourth-order valence-electron chi connectivity index (χ4n) is 1.59. The van der Waals surface area contributed by atoms with Crippen LogP contribution in [0.5, 0.6) is 0 Å².